The number of hydrogen-bond acceptors (Lipinski definition) is 17. The van der Waals surface area contributed by atoms with Crippen LogP contribution in [-0.2, 0) is 68.5 Å². The number of fused-ring (bicyclic) bond motifs is 6. The molecule has 4 saturated heterocycles. The number of alkyl carbamates (subject to hydrolysis) is 1. The van der Waals surface area contributed by atoms with Crippen LogP contribution in [0.5, 0.6) is 5.75 Å². The molecule has 2 N–H and O–H groups in total. The fraction of sp³-hybridized carbons (Fsp3) is 0.640. The zero-order chi connectivity index (χ0) is 52.3. The number of anilines is 1. The van der Waals surface area contributed by atoms with Gasteiger partial charge in [0, 0.05) is 59.4 Å². The Balaban J connectivity index is 0.952. The second-order valence-electron chi connectivity index (χ2n) is 20.0. The second-order valence-corrected chi connectivity index (χ2v) is 21.7. The molecule has 0 aromatic heterocycles. The van der Waals surface area contributed by atoms with Crippen LogP contribution in [0.3, 0.4) is 0 Å². The molecule has 5 fully saturated rings. The van der Waals surface area contributed by atoms with E-state index < -0.39 is 88.3 Å². The minimum Gasteiger partial charge on any atom is -0.495 e. The van der Waals surface area contributed by atoms with Crippen molar-refractivity contribution in [1.29, 1.82) is 0 Å². The Morgan fingerprint density at radius 2 is 1.68 bits per heavy atom. The number of esters is 1. The molecule has 20 nitrogen and oxygen atoms in total. The standard InChI is InChI=1S/C50H65ClN4O16S/c1-28-10-8-11-36(66-7)50(64)25-38(69-47(63)52-50)49(4)27-48(3,71-49)37(24-41(58)53(5)33-21-31(20-28)22-34(65-6)43(33)51)68-45(61)29(2)67-18-9-19-72-35-23-42(59)54(44(35)60)26-30-12-14-32(15-13-30)46(62)70-55-39(56)16-17-40(55)57/h8,10-11,21-22,29-30,32,35-38,64H,9,12-20,23-27H2,1-7H3,(H,52,63)/b11-8+,28-10+/t29-,30-,32-,35?,36-,37+,38+,48-,49?,50+/m1/s1. The van der Waals surface area contributed by atoms with Gasteiger partial charge >= 0.3 is 18.0 Å². The van der Waals surface area contributed by atoms with Crippen LogP contribution in [-0.4, -0.2) is 149 Å². The summed E-state index contributed by atoms with van der Waals surface area (Å²) < 4.78 is 35.5. The number of thioether (sulfide) groups is 1. The molecule has 1 aromatic rings. The summed E-state index contributed by atoms with van der Waals surface area (Å²) in [5.41, 5.74) is -2.32. The average Bonchev–Trinajstić information content (AvgIpc) is 3.78. The van der Waals surface area contributed by atoms with Crippen LogP contribution in [0.15, 0.2) is 35.9 Å². The summed E-state index contributed by atoms with van der Waals surface area (Å²) >= 11 is 8.13. The van der Waals surface area contributed by atoms with Gasteiger partial charge in [-0.1, -0.05) is 35.4 Å². The molecule has 0 radical (unpaired) electrons. The van der Waals surface area contributed by atoms with Gasteiger partial charge in [0.2, 0.25) is 17.7 Å². The summed E-state index contributed by atoms with van der Waals surface area (Å²) in [5, 5.41) is 14.5. The lowest BCUT2D eigenvalue weighted by atomic mass is 9.72. The van der Waals surface area contributed by atoms with Crippen molar-refractivity contribution in [2.45, 2.75) is 151 Å². The topological polar surface area (TPSA) is 243 Å². The minimum atomic E-state index is -1.89. The van der Waals surface area contributed by atoms with Gasteiger partial charge in [-0.15, -0.1) is 16.8 Å². The van der Waals surface area contributed by atoms with E-state index in [0.717, 1.165) is 11.1 Å². The molecule has 8 rings (SSSR count). The molecule has 1 aromatic carbocycles. The van der Waals surface area contributed by atoms with Crippen LogP contribution in [0.2, 0.25) is 5.02 Å². The van der Waals surface area contributed by atoms with Gasteiger partial charge in [0.15, 0.2) is 11.8 Å². The van der Waals surface area contributed by atoms with E-state index in [1.807, 2.05) is 13.0 Å². The monoisotopic (exact) mass is 1040 g/mol. The van der Waals surface area contributed by atoms with E-state index in [0.29, 0.717) is 60.8 Å². The summed E-state index contributed by atoms with van der Waals surface area (Å²) in [6, 6.07) is 3.56. The molecule has 22 heteroatoms. The molecule has 0 spiro atoms. The van der Waals surface area contributed by atoms with Crippen LogP contribution in [0, 0.1) is 11.8 Å². The second kappa shape index (κ2) is 22.6. The number of halogens is 1. The third-order valence-electron chi connectivity index (χ3n) is 14.4. The Kier molecular flexibility index (Phi) is 17.2. The van der Waals surface area contributed by atoms with E-state index in [9.17, 15) is 43.5 Å². The predicted molar refractivity (Wildman–Crippen MR) is 259 cm³/mol. The highest BCUT2D eigenvalue weighted by Gasteiger charge is 2.63. The number of methoxy groups -OCH3 is 2. The zero-order valence-electron chi connectivity index (χ0n) is 41.7. The van der Waals surface area contributed by atoms with Crippen molar-refractivity contribution in [1.82, 2.24) is 15.3 Å². The van der Waals surface area contributed by atoms with Crippen molar-refractivity contribution in [3.05, 3.63) is 46.5 Å². The lowest BCUT2D eigenvalue weighted by molar-refractivity contribution is -0.328. The predicted octanol–water partition coefficient (Wildman–Crippen LogP) is 4.88. The number of hydrogen-bond donors (Lipinski definition) is 2. The maximum Gasteiger partial charge on any atom is 0.409 e. The number of aliphatic hydroxyl groups is 1. The third kappa shape index (κ3) is 12.1. The Morgan fingerprint density at radius 1 is 0.986 bits per heavy atom. The largest absolute Gasteiger partial charge is 0.495 e. The lowest BCUT2D eigenvalue weighted by Crippen LogP contribution is -2.72. The van der Waals surface area contributed by atoms with Gasteiger partial charge in [0.25, 0.3) is 11.8 Å². The van der Waals surface area contributed by atoms with Gasteiger partial charge in [0.05, 0.1) is 30.4 Å². The molecule has 6 heterocycles. The van der Waals surface area contributed by atoms with E-state index >= 15 is 0 Å². The van der Waals surface area contributed by atoms with Crippen LogP contribution in [0.1, 0.15) is 104 Å². The van der Waals surface area contributed by atoms with E-state index in [-0.39, 0.29) is 74.4 Å². The number of imide groups is 2. The van der Waals surface area contributed by atoms with Gasteiger partial charge in [0.1, 0.15) is 40.3 Å². The summed E-state index contributed by atoms with van der Waals surface area (Å²) in [4.78, 5) is 112. The normalized spacial score (nSPS) is 32.8. The van der Waals surface area contributed by atoms with E-state index in [1.165, 1.54) is 42.7 Å². The first-order valence-electron chi connectivity index (χ1n) is 24.3. The van der Waals surface area contributed by atoms with Gasteiger partial charge in [-0.05, 0) is 95.6 Å². The van der Waals surface area contributed by atoms with E-state index in [2.05, 4.69) is 5.32 Å². The molecule has 1 aliphatic carbocycles. The number of carbonyl (C=O) groups excluding carboxylic acids is 8. The number of likely N-dealkylation sites (tertiary alicyclic amines) is 1. The maximum absolute atomic E-state index is 14.3. The fourth-order valence-corrected chi connectivity index (χ4v) is 11.8. The highest BCUT2D eigenvalue weighted by atomic mass is 35.5. The molecule has 2 unspecified atom stereocenters. The quantitative estimate of drug-likeness (QED) is 0.143. The van der Waals surface area contributed by atoms with Gasteiger partial charge in [-0.2, -0.15) is 0 Å². The SMILES string of the molecule is COc1cc2cc(c1Cl)N(C)C(=O)C[C@H](OC(=O)[C@@H](C)OCCCSC1CC(=O)N(C[C@H]3CC[C@H](C(=O)ON4C(=O)CCC4=O)CC3)C1=O)[C@@]1(C)CC(C)(O1)[C@@H]1C[C@@](O)(NC(=O)O1)[C@H](OC)/C=C/C=C(\C)C2. The molecule has 72 heavy (non-hydrogen) atoms. The van der Waals surface area contributed by atoms with E-state index in [4.69, 9.17) is 44.9 Å². The average molecular weight is 1050 g/mol. The fourth-order valence-electron chi connectivity index (χ4n) is 10.4. The Morgan fingerprint density at radius 3 is 2.35 bits per heavy atom. The van der Waals surface area contributed by atoms with Crippen molar-refractivity contribution in [2.24, 2.45) is 11.8 Å². The number of hydroxylamine groups is 2. The summed E-state index contributed by atoms with van der Waals surface area (Å²) in [7, 11) is 4.45. The molecular weight excluding hydrogens is 980 g/mol. The first kappa shape index (κ1) is 54.7. The summed E-state index contributed by atoms with van der Waals surface area (Å²) in [5.74, 6) is -3.17. The van der Waals surface area contributed by atoms with Crippen LogP contribution < -0.4 is 15.0 Å². The zero-order valence-corrected chi connectivity index (χ0v) is 43.3. The first-order valence-corrected chi connectivity index (χ1v) is 25.8. The van der Waals surface area contributed by atoms with Crippen molar-refractivity contribution < 1.29 is 76.7 Å². The number of allylic oxidation sites excluding steroid dienone is 3. The highest BCUT2D eigenvalue weighted by molar-refractivity contribution is 8.00. The van der Waals surface area contributed by atoms with Crippen molar-refractivity contribution >= 4 is 76.6 Å². The molecule has 8 atom stereocenters. The van der Waals surface area contributed by atoms with Crippen LogP contribution in [0.25, 0.3) is 0 Å². The van der Waals surface area contributed by atoms with Gasteiger partial charge < -0.3 is 43.3 Å². The Bertz CT molecular complexity index is 2350. The molecule has 1 saturated carbocycles. The van der Waals surface area contributed by atoms with Crippen molar-refractivity contribution in [3.8, 4) is 5.75 Å². The maximum atomic E-state index is 14.3. The molecule has 7 aliphatic rings. The number of carbonyl (C=O) groups is 8. The Labute approximate surface area is 427 Å². The molecule has 6 amide bonds. The number of rotatable bonds is 14. The number of ether oxygens (including phenoxy) is 6. The number of amides is 6. The lowest BCUT2D eigenvalue weighted by Gasteiger charge is -2.59. The number of nitrogens with zero attached hydrogens (tertiary/aromatic N) is 3. The smallest absolute Gasteiger partial charge is 0.409 e. The minimum absolute atomic E-state index is 0.00481. The molecule has 394 valence electrons. The van der Waals surface area contributed by atoms with Gasteiger partial charge in [-0.3, -0.25) is 34.2 Å². The number of nitrogens with one attached hydrogen (secondary N) is 1. The van der Waals surface area contributed by atoms with Gasteiger partial charge in [-0.25, -0.2) is 14.4 Å². The molecular formula is C50H65ClN4O16S. The van der Waals surface area contributed by atoms with Crippen LogP contribution >= 0.6 is 23.4 Å². The highest BCUT2D eigenvalue weighted by Crippen LogP contribution is 2.51. The summed E-state index contributed by atoms with van der Waals surface area (Å²) in [6.45, 7) is 7.19. The summed E-state index contributed by atoms with van der Waals surface area (Å²) in [6.07, 6.45) is 2.70. The van der Waals surface area contributed by atoms with Crippen LogP contribution in [0.4, 0.5) is 10.5 Å². The molecule has 6 bridgehead atoms. The van der Waals surface area contributed by atoms with E-state index in [1.54, 1.807) is 45.2 Å². The van der Waals surface area contributed by atoms with Crippen molar-refractivity contribution in [3.63, 3.8) is 0 Å². The van der Waals surface area contributed by atoms with Crippen molar-refractivity contribution in [2.75, 3.05) is 45.1 Å². The Hall–Kier alpha value is -5.06. The number of benzene rings is 1. The first-order chi connectivity index (χ1) is 34.1. The third-order valence-corrected chi connectivity index (χ3v) is 16.1. The molecule has 6 aliphatic heterocycles.